The monoisotopic (exact) mass is 393 g/mol. The van der Waals surface area contributed by atoms with E-state index in [1.807, 2.05) is 24.8 Å². The van der Waals surface area contributed by atoms with Crippen LogP contribution in [0, 0.1) is 25.7 Å². The number of aromatic nitrogens is 3. The quantitative estimate of drug-likeness (QED) is 0.682. The van der Waals surface area contributed by atoms with Gasteiger partial charge in [0.2, 0.25) is 5.95 Å². The minimum Gasteiger partial charge on any atom is -0.361 e. The van der Waals surface area contributed by atoms with E-state index in [9.17, 15) is 4.79 Å². The lowest BCUT2D eigenvalue weighted by molar-refractivity contribution is 0.0780. The zero-order valence-electron chi connectivity index (χ0n) is 17.4. The van der Waals surface area contributed by atoms with Crippen molar-refractivity contribution in [3.8, 4) is 0 Å². The van der Waals surface area contributed by atoms with Gasteiger partial charge in [-0.25, -0.2) is 4.98 Å². The van der Waals surface area contributed by atoms with E-state index in [0.717, 1.165) is 37.6 Å². The highest BCUT2D eigenvalue weighted by molar-refractivity contribution is 5.96. The van der Waals surface area contributed by atoms with E-state index in [4.69, 9.17) is 9.51 Å². The van der Waals surface area contributed by atoms with E-state index in [1.165, 1.54) is 5.52 Å². The summed E-state index contributed by atoms with van der Waals surface area (Å²) in [4.78, 5) is 22.3. The second kappa shape index (κ2) is 6.61. The van der Waals surface area contributed by atoms with Gasteiger partial charge in [0.15, 0.2) is 0 Å². The summed E-state index contributed by atoms with van der Waals surface area (Å²) in [5.74, 6) is 2.66. The van der Waals surface area contributed by atoms with Crippen LogP contribution < -0.4 is 4.90 Å². The number of amides is 1. The predicted molar refractivity (Wildman–Crippen MR) is 111 cm³/mol. The van der Waals surface area contributed by atoms with Gasteiger partial charge in [0.05, 0.1) is 16.7 Å². The molecule has 4 heterocycles. The molecule has 7 nitrogen and oxygen atoms in total. The van der Waals surface area contributed by atoms with Gasteiger partial charge in [-0.2, -0.15) is 0 Å². The number of hydrogen-bond acceptors (Lipinski definition) is 5. The number of nitrogens with zero attached hydrogens (tertiary/aromatic N) is 5. The molecular weight excluding hydrogens is 366 g/mol. The first-order valence-corrected chi connectivity index (χ1v) is 10.4. The molecule has 7 heteroatoms. The van der Waals surface area contributed by atoms with Crippen LogP contribution in [0.2, 0.25) is 0 Å². The highest BCUT2D eigenvalue weighted by atomic mass is 16.5. The third kappa shape index (κ3) is 2.82. The van der Waals surface area contributed by atoms with Gasteiger partial charge in [0, 0.05) is 44.1 Å². The van der Waals surface area contributed by atoms with E-state index in [0.29, 0.717) is 34.9 Å². The van der Waals surface area contributed by atoms with Crippen molar-refractivity contribution < 1.29 is 9.32 Å². The van der Waals surface area contributed by atoms with Crippen LogP contribution in [0.15, 0.2) is 28.8 Å². The Balaban J connectivity index is 1.36. The summed E-state index contributed by atoms with van der Waals surface area (Å²) < 4.78 is 7.53. The van der Waals surface area contributed by atoms with E-state index < -0.39 is 0 Å². The number of imidazole rings is 1. The molecule has 152 valence electrons. The SMILES string of the molecule is Cc1noc(C)c1C(=O)N1CC2CN(c3nc4ccccc4n3C(C)C)CC2C1. The molecule has 2 atom stereocenters. The molecule has 0 N–H and O–H groups in total. The molecular formula is C22H27N5O2. The average molecular weight is 393 g/mol. The number of likely N-dealkylation sites (tertiary alicyclic amines) is 1. The number of carbonyl (C=O) groups is 1. The molecule has 2 unspecified atom stereocenters. The Morgan fingerprint density at radius 2 is 1.79 bits per heavy atom. The molecule has 0 saturated carbocycles. The fraction of sp³-hybridized carbons (Fsp3) is 0.500. The van der Waals surface area contributed by atoms with Crippen molar-refractivity contribution in [1.29, 1.82) is 0 Å². The Kier molecular flexibility index (Phi) is 4.15. The third-order valence-electron chi connectivity index (χ3n) is 6.40. The highest BCUT2D eigenvalue weighted by Gasteiger charge is 2.43. The summed E-state index contributed by atoms with van der Waals surface area (Å²) >= 11 is 0. The smallest absolute Gasteiger partial charge is 0.259 e. The summed E-state index contributed by atoms with van der Waals surface area (Å²) in [6.07, 6.45) is 0. The standard InChI is InChI=1S/C22H27N5O2/c1-13(2)27-19-8-6-5-7-18(19)23-22(27)26-11-16-9-25(10-17(16)12-26)21(28)20-14(3)24-29-15(20)4/h5-8,13,16-17H,9-12H2,1-4H3. The number of fused-ring (bicyclic) bond motifs is 2. The lowest BCUT2D eigenvalue weighted by atomic mass is 10.0. The van der Waals surface area contributed by atoms with Gasteiger partial charge in [-0.05, 0) is 39.8 Å². The summed E-state index contributed by atoms with van der Waals surface area (Å²) in [5, 5.41) is 3.94. The Morgan fingerprint density at radius 1 is 1.10 bits per heavy atom. The Labute approximate surface area is 170 Å². The number of anilines is 1. The number of para-hydroxylation sites is 2. The fourth-order valence-electron chi connectivity index (χ4n) is 5.03. The van der Waals surface area contributed by atoms with Crippen molar-refractivity contribution in [1.82, 2.24) is 19.6 Å². The van der Waals surface area contributed by atoms with Gasteiger partial charge in [0.25, 0.3) is 5.91 Å². The second-order valence-electron chi connectivity index (χ2n) is 8.70. The van der Waals surface area contributed by atoms with Gasteiger partial charge in [-0.15, -0.1) is 0 Å². The summed E-state index contributed by atoms with van der Waals surface area (Å²) in [6.45, 7) is 11.5. The predicted octanol–water partition coefficient (Wildman–Crippen LogP) is 3.43. The van der Waals surface area contributed by atoms with Gasteiger partial charge < -0.3 is 18.9 Å². The first-order chi connectivity index (χ1) is 13.9. The van der Waals surface area contributed by atoms with Crippen LogP contribution in [0.4, 0.5) is 5.95 Å². The van der Waals surface area contributed by atoms with Crippen molar-refractivity contribution in [2.45, 2.75) is 33.7 Å². The molecule has 2 aromatic heterocycles. The summed E-state index contributed by atoms with van der Waals surface area (Å²) in [6, 6.07) is 8.69. The van der Waals surface area contributed by atoms with Crippen molar-refractivity contribution in [2.75, 3.05) is 31.1 Å². The number of rotatable bonds is 3. The highest BCUT2D eigenvalue weighted by Crippen LogP contribution is 2.36. The Bertz CT molecular complexity index is 1050. The van der Waals surface area contributed by atoms with Crippen LogP contribution in [0.1, 0.15) is 41.7 Å². The Morgan fingerprint density at radius 3 is 2.41 bits per heavy atom. The van der Waals surface area contributed by atoms with Crippen molar-refractivity contribution in [3.63, 3.8) is 0 Å². The largest absolute Gasteiger partial charge is 0.361 e. The van der Waals surface area contributed by atoms with Crippen molar-refractivity contribution in [3.05, 3.63) is 41.3 Å². The van der Waals surface area contributed by atoms with Crippen molar-refractivity contribution >= 4 is 22.9 Å². The molecule has 5 rings (SSSR count). The first kappa shape index (κ1) is 18.2. The number of hydrogen-bond donors (Lipinski definition) is 0. The molecule has 0 aliphatic carbocycles. The summed E-state index contributed by atoms with van der Waals surface area (Å²) in [7, 11) is 0. The van der Waals surface area contributed by atoms with E-state index >= 15 is 0 Å². The molecule has 0 bridgehead atoms. The molecule has 2 aliphatic heterocycles. The van der Waals surface area contributed by atoms with Gasteiger partial charge in [-0.3, -0.25) is 4.79 Å². The van der Waals surface area contributed by atoms with Crippen LogP contribution in [-0.4, -0.2) is 51.7 Å². The maximum atomic E-state index is 13.0. The third-order valence-corrected chi connectivity index (χ3v) is 6.40. The van der Waals surface area contributed by atoms with Crippen molar-refractivity contribution in [2.24, 2.45) is 11.8 Å². The number of benzene rings is 1. The zero-order chi connectivity index (χ0) is 20.3. The molecule has 1 aromatic carbocycles. The topological polar surface area (TPSA) is 67.4 Å². The second-order valence-corrected chi connectivity index (χ2v) is 8.70. The van der Waals surface area contributed by atoms with E-state index in [1.54, 1.807) is 0 Å². The zero-order valence-corrected chi connectivity index (χ0v) is 17.4. The molecule has 0 spiro atoms. The normalized spacial score (nSPS) is 21.6. The maximum Gasteiger partial charge on any atom is 0.259 e. The number of aryl methyl sites for hydroxylation is 2. The minimum atomic E-state index is 0.0524. The van der Waals surface area contributed by atoms with Gasteiger partial charge >= 0.3 is 0 Å². The average Bonchev–Trinajstić information content (AvgIpc) is 3.41. The van der Waals surface area contributed by atoms with Crippen LogP contribution >= 0.6 is 0 Å². The summed E-state index contributed by atoms with van der Waals surface area (Å²) in [5.41, 5.74) is 3.54. The Hall–Kier alpha value is -2.83. The van der Waals surface area contributed by atoms with Crippen LogP contribution in [0.3, 0.4) is 0 Å². The molecule has 3 aromatic rings. The van der Waals surface area contributed by atoms with Gasteiger partial charge in [0.1, 0.15) is 11.3 Å². The fourth-order valence-corrected chi connectivity index (χ4v) is 5.03. The first-order valence-electron chi connectivity index (χ1n) is 10.4. The molecule has 2 fully saturated rings. The minimum absolute atomic E-state index is 0.0524. The molecule has 1 amide bonds. The number of carbonyl (C=O) groups excluding carboxylic acids is 1. The lowest BCUT2D eigenvalue weighted by Crippen LogP contribution is -2.34. The van der Waals surface area contributed by atoms with E-state index in [-0.39, 0.29) is 5.91 Å². The lowest BCUT2D eigenvalue weighted by Gasteiger charge is -2.24. The van der Waals surface area contributed by atoms with Crippen LogP contribution in [0.25, 0.3) is 11.0 Å². The van der Waals surface area contributed by atoms with E-state index in [2.05, 4.69) is 46.7 Å². The van der Waals surface area contributed by atoms with Gasteiger partial charge in [-0.1, -0.05) is 17.3 Å². The molecule has 0 radical (unpaired) electrons. The van der Waals surface area contributed by atoms with Crippen LogP contribution in [0.5, 0.6) is 0 Å². The maximum absolute atomic E-state index is 13.0. The van der Waals surface area contributed by atoms with Crippen LogP contribution in [-0.2, 0) is 0 Å². The molecule has 2 aliphatic rings. The molecule has 29 heavy (non-hydrogen) atoms. The molecule has 2 saturated heterocycles.